The maximum atomic E-state index is 11.9. The van der Waals surface area contributed by atoms with Gasteiger partial charge in [-0.2, -0.15) is 0 Å². The zero-order chi connectivity index (χ0) is 15.5. The third-order valence-corrected chi connectivity index (χ3v) is 3.20. The second-order valence-electron chi connectivity index (χ2n) is 4.73. The van der Waals surface area contributed by atoms with Crippen molar-refractivity contribution in [3.8, 4) is 0 Å². The van der Waals surface area contributed by atoms with Crippen LogP contribution in [-0.4, -0.2) is 21.4 Å². The summed E-state index contributed by atoms with van der Waals surface area (Å²) in [5.74, 6) is -0.0399. The maximum absolute atomic E-state index is 11.9. The van der Waals surface area contributed by atoms with Crippen LogP contribution < -0.4 is 11.1 Å². The highest BCUT2D eigenvalue weighted by Gasteiger charge is 2.14. The minimum atomic E-state index is -0.471. The molecule has 7 nitrogen and oxygen atoms in total. The van der Waals surface area contributed by atoms with Crippen molar-refractivity contribution in [1.82, 2.24) is 14.9 Å². The Balaban J connectivity index is 1.86. The molecule has 3 aromatic rings. The molecule has 3 rings (SSSR count). The van der Waals surface area contributed by atoms with Crippen LogP contribution in [0.5, 0.6) is 0 Å². The van der Waals surface area contributed by atoms with E-state index in [0.717, 1.165) is 11.0 Å². The number of rotatable bonds is 5. The Morgan fingerprint density at radius 1 is 1.23 bits per heavy atom. The number of furan rings is 1. The first-order valence-corrected chi connectivity index (χ1v) is 6.69. The van der Waals surface area contributed by atoms with E-state index in [-0.39, 0.29) is 24.8 Å². The first-order valence-electron chi connectivity index (χ1n) is 6.69. The Hall–Kier alpha value is -3.09. The number of nitrogens with two attached hydrogens (primary N) is 1. The Bertz CT molecular complexity index is 821. The molecule has 0 fully saturated rings. The van der Waals surface area contributed by atoms with Crippen LogP contribution in [-0.2, 0) is 17.9 Å². The van der Waals surface area contributed by atoms with Crippen molar-refractivity contribution < 1.29 is 14.0 Å². The van der Waals surface area contributed by atoms with Gasteiger partial charge in [-0.1, -0.05) is 12.1 Å². The van der Waals surface area contributed by atoms with Crippen molar-refractivity contribution in [2.24, 2.45) is 5.73 Å². The number of fused-ring (bicyclic) bond motifs is 1. The molecule has 22 heavy (non-hydrogen) atoms. The SMILES string of the molecule is NC(=O)Cn1c(CNC(=O)c2ccco2)nc2ccccc21. The van der Waals surface area contributed by atoms with E-state index in [0.29, 0.717) is 5.82 Å². The highest BCUT2D eigenvalue weighted by molar-refractivity contribution is 5.91. The second kappa shape index (κ2) is 5.72. The van der Waals surface area contributed by atoms with Gasteiger partial charge in [-0.25, -0.2) is 4.98 Å². The van der Waals surface area contributed by atoms with Gasteiger partial charge in [0.05, 0.1) is 23.8 Å². The summed E-state index contributed by atoms with van der Waals surface area (Å²) >= 11 is 0. The highest BCUT2D eigenvalue weighted by Crippen LogP contribution is 2.16. The van der Waals surface area contributed by atoms with E-state index < -0.39 is 5.91 Å². The molecule has 0 radical (unpaired) electrons. The first kappa shape index (κ1) is 13.9. The second-order valence-corrected chi connectivity index (χ2v) is 4.73. The van der Waals surface area contributed by atoms with Crippen LogP contribution in [0.1, 0.15) is 16.4 Å². The molecule has 0 saturated heterocycles. The van der Waals surface area contributed by atoms with Crippen molar-refractivity contribution in [2.45, 2.75) is 13.1 Å². The molecule has 1 aromatic carbocycles. The molecule has 0 aliphatic heterocycles. The van der Waals surface area contributed by atoms with Gasteiger partial charge >= 0.3 is 0 Å². The molecule has 0 bridgehead atoms. The fourth-order valence-electron chi connectivity index (χ4n) is 2.25. The summed E-state index contributed by atoms with van der Waals surface area (Å²) in [7, 11) is 0. The van der Waals surface area contributed by atoms with Gasteiger partial charge in [0.2, 0.25) is 5.91 Å². The number of nitrogens with zero attached hydrogens (tertiary/aromatic N) is 2. The summed E-state index contributed by atoms with van der Waals surface area (Å²) in [5, 5.41) is 2.71. The molecule has 112 valence electrons. The molecule has 0 spiro atoms. The summed E-state index contributed by atoms with van der Waals surface area (Å²) in [6.07, 6.45) is 1.43. The standard InChI is InChI=1S/C15H14N4O3/c16-13(20)9-19-11-5-2-1-4-10(11)18-14(19)8-17-15(21)12-6-3-7-22-12/h1-7H,8-9H2,(H2,16,20)(H,17,21). The zero-order valence-corrected chi connectivity index (χ0v) is 11.7. The van der Waals surface area contributed by atoms with Crippen LogP contribution >= 0.6 is 0 Å². The minimum absolute atomic E-state index is 0.00642. The molecule has 0 aliphatic rings. The molecule has 3 N–H and O–H groups in total. The Labute approximate surface area is 125 Å². The normalized spacial score (nSPS) is 10.7. The van der Waals surface area contributed by atoms with Crippen molar-refractivity contribution >= 4 is 22.8 Å². The van der Waals surface area contributed by atoms with Crippen LogP contribution in [0.3, 0.4) is 0 Å². The largest absolute Gasteiger partial charge is 0.459 e. The number of hydrogen-bond acceptors (Lipinski definition) is 4. The lowest BCUT2D eigenvalue weighted by atomic mass is 10.3. The van der Waals surface area contributed by atoms with E-state index >= 15 is 0 Å². The molecule has 7 heteroatoms. The van der Waals surface area contributed by atoms with Crippen molar-refractivity contribution in [3.63, 3.8) is 0 Å². The summed E-state index contributed by atoms with van der Waals surface area (Å²) in [5.41, 5.74) is 6.82. The highest BCUT2D eigenvalue weighted by atomic mass is 16.3. The van der Waals surface area contributed by atoms with Gasteiger partial charge in [0, 0.05) is 0 Å². The van der Waals surface area contributed by atoms with Gasteiger partial charge in [-0.15, -0.1) is 0 Å². The number of amides is 2. The number of carbonyl (C=O) groups excluding carboxylic acids is 2. The summed E-state index contributed by atoms with van der Waals surface area (Å²) in [4.78, 5) is 27.6. The number of benzene rings is 1. The molecule has 0 atom stereocenters. The fraction of sp³-hybridized carbons (Fsp3) is 0.133. The van der Waals surface area contributed by atoms with Crippen LogP contribution in [0.4, 0.5) is 0 Å². The third kappa shape index (κ3) is 2.69. The summed E-state index contributed by atoms with van der Waals surface area (Å²) in [6.45, 7) is 0.175. The number of aromatic nitrogens is 2. The lowest BCUT2D eigenvalue weighted by Crippen LogP contribution is -2.26. The average Bonchev–Trinajstić information content (AvgIpc) is 3.13. The van der Waals surface area contributed by atoms with Gasteiger partial charge in [0.25, 0.3) is 5.91 Å². The van der Waals surface area contributed by atoms with E-state index in [1.807, 2.05) is 24.3 Å². The van der Waals surface area contributed by atoms with Crippen LogP contribution in [0.25, 0.3) is 11.0 Å². The smallest absolute Gasteiger partial charge is 0.287 e. The van der Waals surface area contributed by atoms with E-state index in [4.69, 9.17) is 10.2 Å². The molecular formula is C15H14N4O3. The van der Waals surface area contributed by atoms with Gasteiger partial charge in [0.15, 0.2) is 5.76 Å². The Morgan fingerprint density at radius 3 is 2.77 bits per heavy atom. The number of nitrogens with one attached hydrogen (secondary N) is 1. The monoisotopic (exact) mass is 298 g/mol. The molecule has 0 saturated carbocycles. The van der Waals surface area contributed by atoms with Gasteiger partial charge in [-0.05, 0) is 24.3 Å². The van der Waals surface area contributed by atoms with E-state index in [1.165, 1.54) is 6.26 Å². The topological polar surface area (TPSA) is 103 Å². The Morgan fingerprint density at radius 2 is 2.05 bits per heavy atom. The number of imidazole rings is 1. The molecule has 2 amide bonds. The van der Waals surface area contributed by atoms with Crippen LogP contribution in [0.15, 0.2) is 47.1 Å². The predicted octanol–water partition coefficient (Wildman–Crippen LogP) is 1.04. The molecule has 2 aromatic heterocycles. The lowest BCUT2D eigenvalue weighted by Gasteiger charge is -2.07. The molecule has 0 unspecified atom stereocenters. The predicted molar refractivity (Wildman–Crippen MR) is 78.8 cm³/mol. The fourth-order valence-corrected chi connectivity index (χ4v) is 2.25. The maximum Gasteiger partial charge on any atom is 0.287 e. The first-order chi connectivity index (χ1) is 10.6. The van der Waals surface area contributed by atoms with Crippen LogP contribution in [0.2, 0.25) is 0 Å². The Kier molecular flexibility index (Phi) is 3.61. The van der Waals surface area contributed by atoms with Gasteiger partial charge in [-0.3, -0.25) is 9.59 Å². The van der Waals surface area contributed by atoms with Crippen molar-refractivity contribution in [1.29, 1.82) is 0 Å². The molecular weight excluding hydrogens is 284 g/mol. The van der Waals surface area contributed by atoms with E-state index in [1.54, 1.807) is 16.7 Å². The van der Waals surface area contributed by atoms with Crippen molar-refractivity contribution in [2.75, 3.05) is 0 Å². The number of hydrogen-bond donors (Lipinski definition) is 2. The average molecular weight is 298 g/mol. The summed E-state index contributed by atoms with van der Waals surface area (Å²) in [6, 6.07) is 10.6. The van der Waals surface area contributed by atoms with Crippen LogP contribution in [0, 0.1) is 0 Å². The number of carbonyl (C=O) groups is 2. The molecule has 0 aliphatic carbocycles. The van der Waals surface area contributed by atoms with E-state index in [2.05, 4.69) is 10.3 Å². The van der Waals surface area contributed by atoms with Crippen molar-refractivity contribution in [3.05, 3.63) is 54.2 Å². The van der Waals surface area contributed by atoms with Gasteiger partial charge < -0.3 is 20.0 Å². The quantitative estimate of drug-likeness (QED) is 0.734. The number of primary amides is 1. The minimum Gasteiger partial charge on any atom is -0.459 e. The van der Waals surface area contributed by atoms with E-state index in [9.17, 15) is 9.59 Å². The molecule has 2 heterocycles. The number of para-hydroxylation sites is 2. The van der Waals surface area contributed by atoms with Gasteiger partial charge in [0.1, 0.15) is 12.4 Å². The zero-order valence-electron chi connectivity index (χ0n) is 11.7. The third-order valence-electron chi connectivity index (χ3n) is 3.20. The summed E-state index contributed by atoms with van der Waals surface area (Å²) < 4.78 is 6.72. The lowest BCUT2D eigenvalue weighted by molar-refractivity contribution is -0.118.